The Hall–Kier alpha value is -2.65. The van der Waals surface area contributed by atoms with E-state index in [0.717, 1.165) is 57.9 Å². The van der Waals surface area contributed by atoms with Crippen LogP contribution in [0, 0.1) is 3.57 Å². The lowest BCUT2D eigenvalue weighted by Gasteiger charge is -2.34. The molecule has 1 aliphatic rings. The van der Waals surface area contributed by atoms with Gasteiger partial charge in [-0.2, -0.15) is 0 Å². The molecule has 30 heavy (non-hydrogen) atoms. The molecule has 1 N–H and O–H groups in total. The fourth-order valence-electron chi connectivity index (χ4n) is 3.65. The molecule has 0 spiro atoms. The molecule has 152 valence electrons. The first kappa shape index (κ1) is 19.3. The highest BCUT2D eigenvalue weighted by atomic mass is 127. The third kappa shape index (κ3) is 3.99. The van der Waals surface area contributed by atoms with Crippen LogP contribution in [0.4, 0.5) is 17.3 Å². The minimum atomic E-state index is 0.554. The third-order valence-corrected chi connectivity index (χ3v) is 6.18. The SMILES string of the molecule is CN1CCN(c2ccc(Nc3ncc(I)c(-c4cc5ccccc5o4)n3)cc2)CC1. The van der Waals surface area contributed by atoms with Crippen LogP contribution in [0.2, 0.25) is 0 Å². The number of hydrogen-bond donors (Lipinski definition) is 1. The summed E-state index contributed by atoms with van der Waals surface area (Å²) in [4.78, 5) is 13.9. The van der Waals surface area contributed by atoms with Crippen molar-refractivity contribution in [3.05, 3.63) is 64.4 Å². The number of piperazine rings is 1. The molecule has 6 nitrogen and oxygen atoms in total. The normalized spacial score (nSPS) is 14.9. The Morgan fingerprint density at radius 3 is 2.53 bits per heavy atom. The molecule has 4 aromatic rings. The predicted octanol–water partition coefficient (Wildman–Crippen LogP) is 4.99. The molecule has 0 saturated carbocycles. The number of hydrogen-bond acceptors (Lipinski definition) is 6. The summed E-state index contributed by atoms with van der Waals surface area (Å²) in [6.45, 7) is 4.32. The van der Waals surface area contributed by atoms with Gasteiger partial charge in [0, 0.05) is 49.1 Å². The zero-order chi connectivity index (χ0) is 20.5. The third-order valence-electron chi connectivity index (χ3n) is 5.39. The largest absolute Gasteiger partial charge is 0.454 e. The number of furan rings is 1. The molecule has 5 rings (SSSR count). The standard InChI is InChI=1S/C23H22IN5O/c1-28-10-12-29(13-11-28)18-8-6-17(7-9-18)26-23-25-15-19(24)22(27-23)21-14-16-4-2-3-5-20(16)30-21/h2-9,14-15H,10-13H2,1H3,(H,25,26,27). The lowest BCUT2D eigenvalue weighted by molar-refractivity contribution is 0.313. The fourth-order valence-corrected chi connectivity index (χ4v) is 4.17. The van der Waals surface area contributed by atoms with E-state index < -0.39 is 0 Å². The summed E-state index contributed by atoms with van der Waals surface area (Å²) in [6, 6.07) is 18.5. The van der Waals surface area contributed by atoms with Gasteiger partial charge in [-0.25, -0.2) is 9.97 Å². The van der Waals surface area contributed by atoms with Gasteiger partial charge in [0.15, 0.2) is 5.76 Å². The van der Waals surface area contributed by atoms with Gasteiger partial charge in [-0.1, -0.05) is 18.2 Å². The Morgan fingerprint density at radius 2 is 1.77 bits per heavy atom. The maximum Gasteiger partial charge on any atom is 0.227 e. The van der Waals surface area contributed by atoms with Crippen LogP contribution in [0.5, 0.6) is 0 Å². The van der Waals surface area contributed by atoms with Crippen molar-refractivity contribution >= 4 is 50.9 Å². The average Bonchev–Trinajstić information content (AvgIpc) is 3.20. The molecule has 0 unspecified atom stereocenters. The summed E-state index contributed by atoms with van der Waals surface area (Å²) in [5.41, 5.74) is 3.86. The van der Waals surface area contributed by atoms with E-state index in [0.29, 0.717) is 5.95 Å². The Labute approximate surface area is 189 Å². The summed E-state index contributed by atoms with van der Waals surface area (Å²) >= 11 is 2.24. The highest BCUT2D eigenvalue weighted by Crippen LogP contribution is 2.30. The lowest BCUT2D eigenvalue weighted by atomic mass is 10.2. The van der Waals surface area contributed by atoms with Crippen molar-refractivity contribution in [1.29, 1.82) is 0 Å². The molecule has 0 bridgehead atoms. The van der Waals surface area contributed by atoms with E-state index in [1.807, 2.05) is 36.5 Å². The van der Waals surface area contributed by atoms with Crippen molar-refractivity contribution in [3.63, 3.8) is 0 Å². The van der Waals surface area contributed by atoms with Crippen molar-refractivity contribution in [2.45, 2.75) is 0 Å². The van der Waals surface area contributed by atoms with E-state index >= 15 is 0 Å². The van der Waals surface area contributed by atoms with Crippen LogP contribution in [0.1, 0.15) is 0 Å². The number of aromatic nitrogens is 2. The summed E-state index contributed by atoms with van der Waals surface area (Å²) in [5.74, 6) is 1.30. The number of likely N-dealkylation sites (N-methyl/N-ethyl adjacent to an activating group) is 1. The molecule has 3 heterocycles. The van der Waals surface area contributed by atoms with Crippen LogP contribution >= 0.6 is 22.6 Å². The van der Waals surface area contributed by atoms with Gasteiger partial charge in [0.05, 0.1) is 3.57 Å². The summed E-state index contributed by atoms with van der Waals surface area (Å²) in [7, 11) is 2.17. The second-order valence-electron chi connectivity index (χ2n) is 7.50. The summed E-state index contributed by atoms with van der Waals surface area (Å²) < 4.78 is 6.95. The van der Waals surface area contributed by atoms with Crippen molar-refractivity contribution < 1.29 is 4.42 Å². The molecule has 2 aromatic heterocycles. The van der Waals surface area contributed by atoms with E-state index in [1.165, 1.54) is 5.69 Å². The monoisotopic (exact) mass is 511 g/mol. The molecule has 0 atom stereocenters. The molecule has 7 heteroatoms. The summed E-state index contributed by atoms with van der Waals surface area (Å²) in [5, 5.41) is 4.38. The van der Waals surface area contributed by atoms with Crippen LogP contribution < -0.4 is 10.2 Å². The van der Waals surface area contributed by atoms with Crippen LogP contribution in [-0.4, -0.2) is 48.1 Å². The number of benzene rings is 2. The topological polar surface area (TPSA) is 57.4 Å². The quantitative estimate of drug-likeness (QED) is 0.390. The zero-order valence-corrected chi connectivity index (χ0v) is 18.8. The number of fused-ring (bicyclic) bond motifs is 1. The van der Waals surface area contributed by atoms with Crippen LogP contribution in [-0.2, 0) is 0 Å². The first-order chi connectivity index (χ1) is 14.7. The molecule has 1 fully saturated rings. The maximum atomic E-state index is 6.00. The summed E-state index contributed by atoms with van der Waals surface area (Å²) in [6.07, 6.45) is 1.82. The average molecular weight is 511 g/mol. The number of halogens is 1. The first-order valence-electron chi connectivity index (χ1n) is 9.98. The zero-order valence-electron chi connectivity index (χ0n) is 16.7. The van der Waals surface area contributed by atoms with Crippen LogP contribution in [0.3, 0.4) is 0 Å². The highest BCUT2D eigenvalue weighted by molar-refractivity contribution is 14.1. The van der Waals surface area contributed by atoms with E-state index in [1.54, 1.807) is 0 Å². The Bertz CT molecular complexity index is 1130. The van der Waals surface area contributed by atoms with Crippen molar-refractivity contribution in [3.8, 4) is 11.5 Å². The van der Waals surface area contributed by atoms with Gasteiger partial charge < -0.3 is 19.5 Å². The number of anilines is 3. The number of nitrogens with one attached hydrogen (secondary N) is 1. The predicted molar refractivity (Wildman–Crippen MR) is 129 cm³/mol. The van der Waals surface area contributed by atoms with Gasteiger partial charge >= 0.3 is 0 Å². The van der Waals surface area contributed by atoms with E-state index in [-0.39, 0.29) is 0 Å². The lowest BCUT2D eigenvalue weighted by Crippen LogP contribution is -2.44. The van der Waals surface area contributed by atoms with Gasteiger partial charge in [-0.05, 0) is 66.0 Å². The first-order valence-corrected chi connectivity index (χ1v) is 11.1. The molecular weight excluding hydrogens is 489 g/mol. The smallest absolute Gasteiger partial charge is 0.227 e. The van der Waals surface area contributed by atoms with Crippen molar-refractivity contribution in [1.82, 2.24) is 14.9 Å². The number of rotatable bonds is 4. The van der Waals surface area contributed by atoms with E-state index in [4.69, 9.17) is 9.40 Å². The Kier molecular flexibility index (Phi) is 5.30. The van der Waals surface area contributed by atoms with Gasteiger partial charge in [-0.3, -0.25) is 0 Å². The maximum absolute atomic E-state index is 6.00. The molecule has 2 aromatic carbocycles. The Balaban J connectivity index is 1.36. The Morgan fingerprint density at radius 1 is 1.00 bits per heavy atom. The molecule has 0 amide bonds. The van der Waals surface area contributed by atoms with Gasteiger partial charge in [0.2, 0.25) is 5.95 Å². The van der Waals surface area contributed by atoms with Gasteiger partial charge in [-0.15, -0.1) is 0 Å². The molecular formula is C23H22IN5O. The fraction of sp³-hybridized carbons (Fsp3) is 0.217. The second-order valence-corrected chi connectivity index (χ2v) is 8.66. The van der Waals surface area contributed by atoms with Crippen molar-refractivity contribution in [2.24, 2.45) is 0 Å². The molecule has 0 aliphatic carbocycles. The molecule has 0 radical (unpaired) electrons. The minimum absolute atomic E-state index is 0.554. The number of para-hydroxylation sites is 1. The van der Waals surface area contributed by atoms with Gasteiger partial charge in [0.25, 0.3) is 0 Å². The van der Waals surface area contributed by atoms with Crippen molar-refractivity contribution in [2.75, 3.05) is 43.4 Å². The van der Waals surface area contributed by atoms with E-state index in [2.05, 4.69) is 74.0 Å². The van der Waals surface area contributed by atoms with Gasteiger partial charge in [0.1, 0.15) is 11.3 Å². The molecule has 1 saturated heterocycles. The number of nitrogens with zero attached hydrogens (tertiary/aromatic N) is 4. The highest BCUT2D eigenvalue weighted by Gasteiger charge is 2.15. The minimum Gasteiger partial charge on any atom is -0.454 e. The van der Waals surface area contributed by atoms with E-state index in [9.17, 15) is 0 Å². The van der Waals surface area contributed by atoms with Crippen LogP contribution in [0.25, 0.3) is 22.4 Å². The molecule has 1 aliphatic heterocycles. The van der Waals surface area contributed by atoms with Crippen LogP contribution in [0.15, 0.2) is 65.2 Å². The second kappa shape index (κ2) is 8.23.